The number of hydrogen-bond donors (Lipinski definition) is 1. The van der Waals surface area contributed by atoms with Crippen LogP contribution in [0, 0.1) is 17.8 Å². The number of amides is 3. The lowest BCUT2D eigenvalue weighted by Crippen LogP contribution is -2.58. The first-order valence-corrected chi connectivity index (χ1v) is 17.5. The molecule has 3 aliphatic heterocycles. The molecular formula is C35H44BrN3O4S. The first-order chi connectivity index (χ1) is 21.1. The Morgan fingerprint density at radius 2 is 1.84 bits per heavy atom. The largest absolute Gasteiger partial charge is 0.394 e. The third-order valence-electron chi connectivity index (χ3n) is 9.37. The van der Waals surface area contributed by atoms with E-state index < -0.39 is 28.7 Å². The molecule has 5 rings (SSSR count). The standard InChI is InChI=1S/C35H44BrN3O4S/c1-6-15-37(16-7-2)32(41)28-29-33(42)39(26(21-40)18-22(4)5)31(35(29)20-27(36)30(28)44-35)34(43)38(17-8-3)25-14-13-23-11-9-10-12-24(23)19-25/h6,8-14,19,22,26-31,40H,1,3,7,15-18,20-21H2,2,4-5H3/t26-,27?,28-,29+,30-,31?,35?/m1/s1. The van der Waals surface area contributed by atoms with Gasteiger partial charge in [-0.05, 0) is 48.1 Å². The molecule has 0 saturated carbocycles. The Balaban J connectivity index is 1.63. The van der Waals surface area contributed by atoms with Gasteiger partial charge in [-0.25, -0.2) is 0 Å². The highest BCUT2D eigenvalue weighted by molar-refractivity contribution is 9.09. The zero-order chi connectivity index (χ0) is 31.8. The predicted octanol–water partition coefficient (Wildman–Crippen LogP) is 5.66. The van der Waals surface area contributed by atoms with Gasteiger partial charge in [0.25, 0.3) is 5.91 Å². The van der Waals surface area contributed by atoms with Crippen LogP contribution in [-0.2, 0) is 14.4 Å². The molecule has 3 unspecified atom stereocenters. The number of likely N-dealkylation sites (tertiary alicyclic amines) is 1. The molecule has 2 aromatic carbocycles. The maximum absolute atomic E-state index is 15.0. The lowest BCUT2D eigenvalue weighted by atomic mass is 9.70. The number of fused-ring (bicyclic) bond motifs is 2. The second-order valence-corrected chi connectivity index (χ2v) is 15.4. The lowest BCUT2D eigenvalue weighted by Gasteiger charge is -2.40. The minimum Gasteiger partial charge on any atom is -0.394 e. The van der Waals surface area contributed by atoms with Crippen molar-refractivity contribution in [2.24, 2.45) is 17.8 Å². The second kappa shape index (κ2) is 13.4. The highest BCUT2D eigenvalue weighted by Gasteiger charge is 2.76. The quantitative estimate of drug-likeness (QED) is 0.218. The molecule has 1 spiro atoms. The number of halogens is 1. The maximum atomic E-state index is 15.0. The van der Waals surface area contributed by atoms with E-state index in [0.29, 0.717) is 25.9 Å². The van der Waals surface area contributed by atoms with Gasteiger partial charge in [-0.2, -0.15) is 0 Å². The first-order valence-electron chi connectivity index (χ1n) is 15.7. The molecule has 3 saturated heterocycles. The van der Waals surface area contributed by atoms with Crippen molar-refractivity contribution in [3.8, 4) is 0 Å². The fraction of sp³-hybridized carbons (Fsp3) is 0.514. The van der Waals surface area contributed by atoms with Gasteiger partial charge < -0.3 is 19.8 Å². The molecular weight excluding hydrogens is 638 g/mol. The summed E-state index contributed by atoms with van der Waals surface area (Å²) in [6.45, 7) is 14.9. The summed E-state index contributed by atoms with van der Waals surface area (Å²) in [6.07, 6.45) is 5.37. The minimum absolute atomic E-state index is 0.0286. The first kappa shape index (κ1) is 32.8. The number of thioether (sulfide) groups is 1. The molecule has 7 atom stereocenters. The van der Waals surface area contributed by atoms with Gasteiger partial charge in [-0.15, -0.1) is 24.9 Å². The number of nitrogens with zero attached hydrogens (tertiary/aromatic N) is 3. The van der Waals surface area contributed by atoms with E-state index in [4.69, 9.17) is 0 Å². The van der Waals surface area contributed by atoms with Crippen LogP contribution in [-0.4, -0.2) is 85.8 Å². The van der Waals surface area contributed by atoms with Crippen LogP contribution in [0.25, 0.3) is 10.8 Å². The number of benzene rings is 2. The summed E-state index contributed by atoms with van der Waals surface area (Å²) in [5.41, 5.74) is 0.728. The predicted molar refractivity (Wildman–Crippen MR) is 183 cm³/mol. The molecule has 3 fully saturated rings. The van der Waals surface area contributed by atoms with E-state index in [1.165, 1.54) is 0 Å². The molecule has 3 aliphatic rings. The fourth-order valence-corrected chi connectivity index (χ4v) is 11.3. The number of aliphatic hydroxyl groups excluding tert-OH is 1. The van der Waals surface area contributed by atoms with Crippen LogP contribution < -0.4 is 4.90 Å². The van der Waals surface area contributed by atoms with Crippen molar-refractivity contribution in [1.29, 1.82) is 0 Å². The Morgan fingerprint density at radius 1 is 1.14 bits per heavy atom. The number of aliphatic hydroxyl groups is 1. The van der Waals surface area contributed by atoms with Crippen molar-refractivity contribution in [3.05, 3.63) is 67.8 Å². The molecule has 2 aromatic rings. The molecule has 0 radical (unpaired) electrons. The number of carbonyl (C=O) groups is 3. The SMILES string of the molecule is C=CCN(CCC)C(=O)[C@H]1[C@@H]2SC3(CC2Br)C(C(=O)N(CC=C)c2ccc4ccccc4c2)N([C@@H](CO)CC(C)C)C(=O)[C@H]13. The minimum atomic E-state index is -0.839. The molecule has 3 heterocycles. The van der Waals surface area contributed by atoms with Gasteiger partial charge in [0, 0.05) is 35.4 Å². The lowest BCUT2D eigenvalue weighted by molar-refractivity contribution is -0.145. The van der Waals surface area contributed by atoms with E-state index in [-0.39, 0.29) is 46.9 Å². The monoisotopic (exact) mass is 681 g/mol. The van der Waals surface area contributed by atoms with Crippen LogP contribution in [0.1, 0.15) is 40.0 Å². The Labute approximate surface area is 273 Å². The van der Waals surface area contributed by atoms with Gasteiger partial charge in [0.2, 0.25) is 11.8 Å². The second-order valence-electron chi connectivity index (χ2n) is 12.7. The Kier molecular flexibility index (Phi) is 9.97. The highest BCUT2D eigenvalue weighted by Crippen LogP contribution is 2.68. The normalized spacial score (nSPS) is 27.9. The van der Waals surface area contributed by atoms with E-state index in [9.17, 15) is 14.7 Å². The van der Waals surface area contributed by atoms with Crippen molar-refractivity contribution >= 4 is 61.9 Å². The van der Waals surface area contributed by atoms with Crippen molar-refractivity contribution in [3.63, 3.8) is 0 Å². The molecule has 9 heteroatoms. The molecule has 0 aliphatic carbocycles. The molecule has 44 heavy (non-hydrogen) atoms. The summed E-state index contributed by atoms with van der Waals surface area (Å²) in [6, 6.07) is 12.6. The topological polar surface area (TPSA) is 81.2 Å². The van der Waals surface area contributed by atoms with Crippen LogP contribution >= 0.6 is 27.7 Å². The molecule has 2 bridgehead atoms. The number of rotatable bonds is 13. The van der Waals surface area contributed by atoms with Gasteiger partial charge in [0.15, 0.2) is 0 Å². The van der Waals surface area contributed by atoms with Crippen LogP contribution in [0.5, 0.6) is 0 Å². The van der Waals surface area contributed by atoms with Gasteiger partial charge in [0.1, 0.15) is 6.04 Å². The van der Waals surface area contributed by atoms with Crippen molar-refractivity contribution in [2.75, 3.05) is 31.1 Å². The van der Waals surface area contributed by atoms with Crippen molar-refractivity contribution in [2.45, 2.75) is 66.9 Å². The average molecular weight is 683 g/mol. The van der Waals surface area contributed by atoms with Crippen molar-refractivity contribution in [1.82, 2.24) is 9.80 Å². The fourth-order valence-electron chi connectivity index (χ4n) is 7.71. The maximum Gasteiger partial charge on any atom is 0.251 e. The Hall–Kier alpha value is -2.62. The van der Waals surface area contributed by atoms with E-state index >= 15 is 4.79 Å². The number of anilines is 1. The number of carbonyl (C=O) groups excluding carboxylic acids is 3. The van der Waals surface area contributed by atoms with Crippen LogP contribution in [0.15, 0.2) is 67.8 Å². The molecule has 0 aromatic heterocycles. The average Bonchev–Trinajstić information content (AvgIpc) is 3.60. The van der Waals surface area contributed by atoms with E-state index in [0.717, 1.165) is 22.9 Å². The summed E-state index contributed by atoms with van der Waals surface area (Å²) in [5, 5.41) is 12.6. The molecule has 236 valence electrons. The Morgan fingerprint density at radius 3 is 2.48 bits per heavy atom. The zero-order valence-electron chi connectivity index (χ0n) is 25.9. The zero-order valence-corrected chi connectivity index (χ0v) is 28.3. The van der Waals surface area contributed by atoms with Crippen LogP contribution in [0.3, 0.4) is 0 Å². The molecule has 7 nitrogen and oxygen atoms in total. The molecule has 3 amide bonds. The number of alkyl halides is 1. The number of hydrogen-bond acceptors (Lipinski definition) is 5. The smallest absolute Gasteiger partial charge is 0.251 e. The van der Waals surface area contributed by atoms with Gasteiger partial charge in [-0.3, -0.25) is 14.4 Å². The summed E-state index contributed by atoms with van der Waals surface area (Å²) in [4.78, 5) is 49.2. The van der Waals surface area contributed by atoms with E-state index in [2.05, 4.69) is 42.9 Å². The summed E-state index contributed by atoms with van der Waals surface area (Å²) in [5.74, 6) is -1.47. The third-order valence-corrected chi connectivity index (χ3v) is 12.6. The van der Waals surface area contributed by atoms with Crippen LogP contribution in [0.2, 0.25) is 0 Å². The third kappa shape index (κ3) is 5.53. The van der Waals surface area contributed by atoms with E-state index in [1.807, 2.05) is 49.4 Å². The van der Waals surface area contributed by atoms with Gasteiger partial charge >= 0.3 is 0 Å². The highest BCUT2D eigenvalue weighted by atomic mass is 79.9. The van der Waals surface area contributed by atoms with Crippen molar-refractivity contribution < 1.29 is 19.5 Å². The summed E-state index contributed by atoms with van der Waals surface area (Å²) < 4.78 is -0.805. The Bertz CT molecular complexity index is 1430. The molecule has 1 N–H and O–H groups in total. The summed E-state index contributed by atoms with van der Waals surface area (Å²) >= 11 is 5.52. The van der Waals surface area contributed by atoms with Gasteiger partial charge in [0.05, 0.1) is 29.2 Å². The summed E-state index contributed by atoms with van der Waals surface area (Å²) in [7, 11) is 0. The van der Waals surface area contributed by atoms with E-state index in [1.54, 1.807) is 38.6 Å². The van der Waals surface area contributed by atoms with Gasteiger partial charge in [-0.1, -0.05) is 79.2 Å². The van der Waals surface area contributed by atoms with Crippen LogP contribution in [0.4, 0.5) is 5.69 Å².